The van der Waals surface area contributed by atoms with Crippen LogP contribution >= 0.6 is 0 Å². The third-order valence-corrected chi connectivity index (χ3v) is 6.69. The molecule has 10 heteroatoms. The Morgan fingerprint density at radius 1 is 1.05 bits per heavy atom. The van der Waals surface area contributed by atoms with E-state index in [0.717, 1.165) is 30.6 Å². The minimum atomic E-state index is -0.977. The molecule has 2 heterocycles. The predicted molar refractivity (Wildman–Crippen MR) is 164 cm³/mol. The van der Waals surface area contributed by atoms with Gasteiger partial charge in [-0.25, -0.2) is 9.78 Å². The Kier molecular flexibility index (Phi) is 12.7. The number of carboxylic acids is 1. The van der Waals surface area contributed by atoms with Gasteiger partial charge in [0.25, 0.3) is 5.56 Å². The lowest BCUT2D eigenvalue weighted by Crippen LogP contribution is -2.28. The monoisotopic (exact) mass is 577 g/mol. The highest BCUT2D eigenvalue weighted by Gasteiger charge is 2.19. The highest BCUT2D eigenvalue weighted by molar-refractivity contribution is 5.76. The van der Waals surface area contributed by atoms with Crippen LogP contribution in [0, 0.1) is 0 Å². The molecular formula is C32H43N5O5. The molecule has 10 nitrogen and oxygen atoms in total. The number of hydrogen-bond acceptors (Lipinski definition) is 7. The van der Waals surface area contributed by atoms with Gasteiger partial charge in [0.1, 0.15) is 23.7 Å². The summed E-state index contributed by atoms with van der Waals surface area (Å²) in [5.41, 5.74) is 4.15. The first-order valence-corrected chi connectivity index (χ1v) is 14.5. The van der Waals surface area contributed by atoms with E-state index in [1.165, 1.54) is 5.56 Å². The van der Waals surface area contributed by atoms with Crippen molar-refractivity contribution in [3.05, 3.63) is 87.6 Å². The first kappa shape index (κ1) is 32.5. The van der Waals surface area contributed by atoms with Crippen molar-refractivity contribution in [2.45, 2.75) is 65.6 Å². The topological polar surface area (TPSA) is 120 Å². The maximum absolute atomic E-state index is 13.2. The molecule has 0 aliphatic rings. The van der Waals surface area contributed by atoms with Crippen molar-refractivity contribution >= 4 is 17.0 Å². The Morgan fingerprint density at radius 2 is 1.76 bits per heavy atom. The van der Waals surface area contributed by atoms with Crippen LogP contribution in [0.15, 0.2) is 59.4 Å². The van der Waals surface area contributed by atoms with Crippen molar-refractivity contribution in [3.63, 3.8) is 0 Å². The molecule has 0 fully saturated rings. The maximum atomic E-state index is 13.2. The molecule has 42 heavy (non-hydrogen) atoms. The molecular weight excluding hydrogens is 534 g/mol. The van der Waals surface area contributed by atoms with Gasteiger partial charge in [-0.2, -0.15) is 5.10 Å². The molecule has 226 valence electrons. The summed E-state index contributed by atoms with van der Waals surface area (Å²) in [5.74, 6) is 0.385. The molecule has 0 aliphatic heterocycles. The summed E-state index contributed by atoms with van der Waals surface area (Å²) in [6.45, 7) is 7.80. The molecule has 1 unspecified atom stereocenters. The van der Waals surface area contributed by atoms with E-state index in [4.69, 9.17) is 14.5 Å². The fourth-order valence-corrected chi connectivity index (χ4v) is 4.68. The third-order valence-electron chi connectivity index (χ3n) is 6.69. The zero-order chi connectivity index (χ0) is 30.5. The number of aliphatic carboxylic acids is 1. The number of ether oxygens (including phenoxy) is 2. The summed E-state index contributed by atoms with van der Waals surface area (Å²) < 4.78 is 14.4. The maximum Gasteiger partial charge on any atom is 0.333 e. The molecule has 0 saturated carbocycles. The minimum absolute atomic E-state index is 0.108. The molecule has 4 aromatic rings. The molecule has 2 aromatic carbocycles. The summed E-state index contributed by atoms with van der Waals surface area (Å²) in [4.78, 5) is 29.2. The van der Waals surface area contributed by atoms with Crippen molar-refractivity contribution < 1.29 is 19.4 Å². The lowest BCUT2D eigenvalue weighted by Gasteiger charge is -2.14. The number of nitrogens with zero attached hydrogens (tertiary/aromatic N) is 4. The van der Waals surface area contributed by atoms with Gasteiger partial charge in [-0.05, 0) is 43.7 Å². The predicted octanol–water partition coefficient (Wildman–Crippen LogP) is 4.16. The molecule has 0 spiro atoms. The van der Waals surface area contributed by atoms with Crippen LogP contribution < -0.4 is 15.6 Å². The number of rotatable bonds is 14. The highest BCUT2D eigenvalue weighted by Crippen LogP contribution is 2.17. The number of carbonyl (C=O) groups is 1. The van der Waals surface area contributed by atoms with Gasteiger partial charge in [0, 0.05) is 33.0 Å². The second-order valence-electron chi connectivity index (χ2n) is 9.85. The van der Waals surface area contributed by atoms with Crippen LogP contribution in [0.2, 0.25) is 0 Å². The summed E-state index contributed by atoms with van der Waals surface area (Å²) in [6.07, 6.45) is 1.77. The largest absolute Gasteiger partial charge is 0.492 e. The molecule has 2 N–H and O–H groups in total. The van der Waals surface area contributed by atoms with E-state index in [2.05, 4.69) is 29.5 Å². The molecule has 2 aromatic heterocycles. The lowest BCUT2D eigenvalue weighted by atomic mass is 10.1. The van der Waals surface area contributed by atoms with Crippen LogP contribution in [-0.4, -0.2) is 56.8 Å². The SMILES string of the molecule is CCCc1nn(C)c2c(=O)n(CCOc3ccc(CC(OCC)C(=O)O)cc3)c(CC)nc12.CNCc1ccccc1. The van der Waals surface area contributed by atoms with Crippen LogP contribution in [0.5, 0.6) is 5.75 Å². The molecule has 1 atom stereocenters. The summed E-state index contributed by atoms with van der Waals surface area (Å²) in [6, 6.07) is 17.6. The summed E-state index contributed by atoms with van der Waals surface area (Å²) >= 11 is 0. The van der Waals surface area contributed by atoms with Crippen LogP contribution in [0.3, 0.4) is 0 Å². The fourth-order valence-electron chi connectivity index (χ4n) is 4.68. The Balaban J connectivity index is 0.000000458. The van der Waals surface area contributed by atoms with Crippen molar-refractivity contribution in [1.29, 1.82) is 0 Å². The minimum Gasteiger partial charge on any atom is -0.492 e. The standard InChI is InChI=1S/C24H32N4O5.C8H11N/c1-5-8-18-21-22(27(4)26-18)23(29)28(20(6-2)25-21)13-14-33-17-11-9-16(10-12-17)15-19(24(30)31)32-7-3;1-9-7-8-5-3-2-4-6-8/h9-12,19H,5-8,13-15H2,1-4H3,(H,30,31);2-6,9H,7H2,1H3. The van der Waals surface area contributed by atoms with Gasteiger partial charge in [-0.3, -0.25) is 14.0 Å². The van der Waals surface area contributed by atoms with Crippen molar-refractivity contribution in [3.8, 4) is 5.75 Å². The number of nitrogens with one attached hydrogen (secondary N) is 1. The number of fused-ring (bicyclic) bond motifs is 1. The average molecular weight is 578 g/mol. The van der Waals surface area contributed by atoms with Gasteiger partial charge in [-0.15, -0.1) is 0 Å². The van der Waals surface area contributed by atoms with Gasteiger partial charge < -0.3 is 19.9 Å². The summed E-state index contributed by atoms with van der Waals surface area (Å²) in [5, 5.41) is 16.8. The summed E-state index contributed by atoms with van der Waals surface area (Å²) in [7, 11) is 3.73. The van der Waals surface area contributed by atoms with Gasteiger partial charge in [-0.1, -0.05) is 62.7 Å². The van der Waals surface area contributed by atoms with Crippen LogP contribution in [0.1, 0.15) is 49.8 Å². The number of hydrogen-bond donors (Lipinski definition) is 2. The van der Waals surface area contributed by atoms with Gasteiger partial charge in [0.15, 0.2) is 11.6 Å². The van der Waals surface area contributed by atoms with E-state index in [-0.39, 0.29) is 12.0 Å². The zero-order valence-electron chi connectivity index (χ0n) is 25.3. The molecule has 0 bridgehead atoms. The number of aromatic nitrogens is 4. The molecule has 4 rings (SSSR count). The lowest BCUT2D eigenvalue weighted by molar-refractivity contribution is -0.149. The van der Waals surface area contributed by atoms with E-state index in [9.17, 15) is 14.7 Å². The smallest absolute Gasteiger partial charge is 0.333 e. The highest BCUT2D eigenvalue weighted by atomic mass is 16.5. The molecule has 0 amide bonds. The van der Waals surface area contributed by atoms with Gasteiger partial charge >= 0.3 is 5.97 Å². The van der Waals surface area contributed by atoms with E-state index in [0.29, 0.717) is 48.8 Å². The van der Waals surface area contributed by atoms with Crippen molar-refractivity contribution in [2.24, 2.45) is 7.05 Å². The normalized spacial score (nSPS) is 11.6. The van der Waals surface area contributed by atoms with Gasteiger partial charge in [0.2, 0.25) is 0 Å². The molecule has 0 aliphatic carbocycles. The van der Waals surface area contributed by atoms with Crippen molar-refractivity contribution in [1.82, 2.24) is 24.6 Å². The quantitative estimate of drug-likeness (QED) is 0.229. The Morgan fingerprint density at radius 3 is 2.36 bits per heavy atom. The van der Waals surface area contributed by atoms with E-state index < -0.39 is 12.1 Å². The van der Waals surface area contributed by atoms with Crippen LogP contribution in [0.4, 0.5) is 0 Å². The zero-order valence-corrected chi connectivity index (χ0v) is 25.3. The van der Waals surface area contributed by atoms with Crippen LogP contribution in [0.25, 0.3) is 11.0 Å². The number of benzene rings is 2. The van der Waals surface area contributed by atoms with E-state index >= 15 is 0 Å². The Hall–Kier alpha value is -4.02. The second-order valence-corrected chi connectivity index (χ2v) is 9.85. The van der Waals surface area contributed by atoms with E-state index in [1.54, 1.807) is 35.4 Å². The third kappa shape index (κ3) is 8.74. The Labute approximate surface area is 247 Å². The Bertz CT molecular complexity index is 1460. The number of carboxylic acid groups (broad SMARTS) is 1. The molecule has 0 saturated heterocycles. The number of aryl methyl sites for hydroxylation is 3. The molecule has 0 radical (unpaired) electrons. The first-order chi connectivity index (χ1) is 20.3. The second kappa shape index (κ2) is 16.4. The van der Waals surface area contributed by atoms with E-state index in [1.807, 2.05) is 44.3 Å². The fraction of sp³-hybridized carbons (Fsp3) is 0.438. The van der Waals surface area contributed by atoms with Crippen LogP contribution in [-0.2, 0) is 48.9 Å². The van der Waals surface area contributed by atoms with Crippen molar-refractivity contribution in [2.75, 3.05) is 20.3 Å². The van der Waals surface area contributed by atoms with Gasteiger partial charge in [0.05, 0.1) is 12.2 Å². The first-order valence-electron chi connectivity index (χ1n) is 14.5. The average Bonchev–Trinajstić information content (AvgIpc) is 3.30.